The van der Waals surface area contributed by atoms with Crippen LogP contribution in [-0.4, -0.2) is 29.5 Å². The molecule has 1 unspecified atom stereocenters. The van der Waals surface area contributed by atoms with Crippen molar-refractivity contribution in [2.24, 2.45) is 5.92 Å². The summed E-state index contributed by atoms with van der Waals surface area (Å²) < 4.78 is 5.35. The molecular weight excluding hydrogens is 242 g/mol. The van der Waals surface area contributed by atoms with E-state index in [1.807, 2.05) is 19.1 Å². The van der Waals surface area contributed by atoms with Crippen molar-refractivity contribution in [3.05, 3.63) is 23.8 Å². The molecule has 1 aromatic carbocycles. The van der Waals surface area contributed by atoms with Gasteiger partial charge in [0.2, 0.25) is 0 Å². The van der Waals surface area contributed by atoms with Crippen molar-refractivity contribution in [2.75, 3.05) is 13.2 Å². The van der Waals surface area contributed by atoms with E-state index < -0.39 is 0 Å². The summed E-state index contributed by atoms with van der Waals surface area (Å²) in [6.07, 6.45) is 0.905. The van der Waals surface area contributed by atoms with Crippen molar-refractivity contribution in [2.45, 2.75) is 39.8 Å². The Balaban J connectivity index is 2.63. The average molecular weight is 267 g/mol. The number of aliphatic hydroxyl groups excluding tert-OH is 1. The minimum Gasteiger partial charge on any atom is -0.504 e. The second-order valence-electron chi connectivity index (χ2n) is 5.09. The Kier molecular flexibility index (Phi) is 6.67. The van der Waals surface area contributed by atoms with Gasteiger partial charge < -0.3 is 20.3 Å². The lowest BCUT2D eigenvalue weighted by molar-refractivity contribution is 0.223. The zero-order valence-electron chi connectivity index (χ0n) is 12.0. The number of rotatable bonds is 8. The molecule has 0 saturated carbocycles. The van der Waals surface area contributed by atoms with Gasteiger partial charge >= 0.3 is 0 Å². The van der Waals surface area contributed by atoms with Gasteiger partial charge in [-0.3, -0.25) is 0 Å². The van der Waals surface area contributed by atoms with E-state index in [1.54, 1.807) is 6.07 Å². The fraction of sp³-hybridized carbons (Fsp3) is 0.600. The van der Waals surface area contributed by atoms with E-state index in [0.717, 1.165) is 12.0 Å². The lowest BCUT2D eigenvalue weighted by Gasteiger charge is -2.19. The molecule has 1 atom stereocenters. The van der Waals surface area contributed by atoms with Gasteiger partial charge in [-0.1, -0.05) is 26.0 Å². The highest BCUT2D eigenvalue weighted by Gasteiger charge is 2.12. The van der Waals surface area contributed by atoms with Gasteiger partial charge in [0.05, 0.1) is 13.2 Å². The molecule has 0 radical (unpaired) electrons. The molecule has 0 heterocycles. The number of phenolic OH excluding ortho intramolecular Hbond substituents is 1. The van der Waals surface area contributed by atoms with E-state index in [4.69, 9.17) is 4.74 Å². The molecule has 0 aliphatic carbocycles. The summed E-state index contributed by atoms with van der Waals surface area (Å²) in [6, 6.07) is 5.52. The van der Waals surface area contributed by atoms with Crippen molar-refractivity contribution in [1.82, 2.24) is 5.32 Å². The average Bonchev–Trinajstić information content (AvgIpc) is 2.38. The summed E-state index contributed by atoms with van der Waals surface area (Å²) in [5.41, 5.74) is 0.785. The molecule has 108 valence electrons. The van der Waals surface area contributed by atoms with Gasteiger partial charge in [-0.15, -0.1) is 0 Å². The normalized spacial score (nSPS) is 12.7. The molecule has 4 nitrogen and oxygen atoms in total. The highest BCUT2D eigenvalue weighted by atomic mass is 16.5. The molecule has 0 aliphatic heterocycles. The number of ether oxygens (including phenoxy) is 1. The number of hydrogen-bond acceptors (Lipinski definition) is 4. The fourth-order valence-electron chi connectivity index (χ4n) is 2.03. The molecule has 1 rings (SSSR count). The maximum atomic E-state index is 10.1. The predicted molar refractivity (Wildman–Crippen MR) is 76.4 cm³/mol. The first-order valence-corrected chi connectivity index (χ1v) is 6.86. The van der Waals surface area contributed by atoms with Gasteiger partial charge in [0.1, 0.15) is 0 Å². The molecule has 3 N–H and O–H groups in total. The Morgan fingerprint density at radius 3 is 2.63 bits per heavy atom. The minimum atomic E-state index is 0.0511. The molecule has 0 fully saturated rings. The van der Waals surface area contributed by atoms with Crippen molar-refractivity contribution < 1.29 is 14.9 Å². The van der Waals surface area contributed by atoms with Gasteiger partial charge in [-0.2, -0.15) is 0 Å². The van der Waals surface area contributed by atoms with Crippen LogP contribution >= 0.6 is 0 Å². The summed E-state index contributed by atoms with van der Waals surface area (Å²) in [5, 5.41) is 22.6. The summed E-state index contributed by atoms with van der Waals surface area (Å²) in [7, 11) is 0. The summed E-state index contributed by atoms with van der Waals surface area (Å²) >= 11 is 0. The first-order chi connectivity index (χ1) is 9.08. The van der Waals surface area contributed by atoms with Gasteiger partial charge in [0.15, 0.2) is 11.5 Å². The van der Waals surface area contributed by atoms with Gasteiger partial charge in [-0.05, 0) is 25.3 Å². The third kappa shape index (κ3) is 5.09. The van der Waals surface area contributed by atoms with Crippen molar-refractivity contribution in [3.8, 4) is 11.5 Å². The molecular formula is C15H25NO3. The first kappa shape index (κ1) is 15.8. The van der Waals surface area contributed by atoms with E-state index in [2.05, 4.69) is 19.2 Å². The van der Waals surface area contributed by atoms with Crippen LogP contribution in [0, 0.1) is 5.92 Å². The maximum absolute atomic E-state index is 10.1. The third-order valence-corrected chi connectivity index (χ3v) is 2.94. The summed E-state index contributed by atoms with van der Waals surface area (Å²) in [4.78, 5) is 0. The van der Waals surface area contributed by atoms with Crippen LogP contribution in [-0.2, 0) is 6.54 Å². The van der Waals surface area contributed by atoms with Crippen LogP contribution in [0.15, 0.2) is 18.2 Å². The quantitative estimate of drug-likeness (QED) is 0.676. The van der Waals surface area contributed by atoms with Crippen LogP contribution in [0.5, 0.6) is 11.5 Å². The topological polar surface area (TPSA) is 61.7 Å². The van der Waals surface area contributed by atoms with Crippen LogP contribution in [0.3, 0.4) is 0 Å². The highest BCUT2D eigenvalue weighted by molar-refractivity contribution is 5.45. The number of phenols is 1. The van der Waals surface area contributed by atoms with Crippen molar-refractivity contribution >= 4 is 0 Å². The van der Waals surface area contributed by atoms with Crippen LogP contribution in [0.1, 0.15) is 32.8 Å². The molecule has 1 aromatic rings. The maximum Gasteiger partial charge on any atom is 0.162 e. The van der Waals surface area contributed by atoms with E-state index in [0.29, 0.717) is 24.8 Å². The standard InChI is InChI=1S/C15H25NO3/c1-4-19-14-7-5-6-12(15(14)18)9-16-13(10-17)8-11(2)3/h5-7,11,13,16-18H,4,8-10H2,1-3H3. The lowest BCUT2D eigenvalue weighted by atomic mass is 10.0. The largest absolute Gasteiger partial charge is 0.504 e. The number of para-hydroxylation sites is 1. The molecule has 0 spiro atoms. The van der Waals surface area contributed by atoms with E-state index in [-0.39, 0.29) is 18.4 Å². The van der Waals surface area contributed by atoms with Gasteiger partial charge in [-0.25, -0.2) is 0 Å². The smallest absolute Gasteiger partial charge is 0.162 e. The zero-order chi connectivity index (χ0) is 14.3. The van der Waals surface area contributed by atoms with Gasteiger partial charge in [0.25, 0.3) is 0 Å². The van der Waals surface area contributed by atoms with Gasteiger partial charge in [0, 0.05) is 18.2 Å². The molecule has 0 aromatic heterocycles. The minimum absolute atomic E-state index is 0.0511. The van der Waals surface area contributed by atoms with Crippen molar-refractivity contribution in [1.29, 1.82) is 0 Å². The number of nitrogens with one attached hydrogen (secondary N) is 1. The first-order valence-electron chi connectivity index (χ1n) is 6.86. The predicted octanol–water partition coefficient (Wildman–Crippen LogP) is 2.29. The zero-order valence-corrected chi connectivity index (χ0v) is 12.0. The SMILES string of the molecule is CCOc1cccc(CNC(CO)CC(C)C)c1O. The van der Waals surface area contributed by atoms with Crippen LogP contribution in [0.4, 0.5) is 0 Å². The molecule has 4 heteroatoms. The summed E-state index contributed by atoms with van der Waals surface area (Å²) in [6.45, 7) is 7.27. The molecule has 0 amide bonds. The van der Waals surface area contributed by atoms with E-state index in [9.17, 15) is 10.2 Å². The van der Waals surface area contributed by atoms with Crippen LogP contribution < -0.4 is 10.1 Å². The fourth-order valence-corrected chi connectivity index (χ4v) is 2.03. The van der Waals surface area contributed by atoms with Crippen LogP contribution in [0.25, 0.3) is 0 Å². The summed E-state index contributed by atoms with van der Waals surface area (Å²) in [5.74, 6) is 1.21. The van der Waals surface area contributed by atoms with E-state index >= 15 is 0 Å². The molecule has 0 saturated heterocycles. The Morgan fingerprint density at radius 1 is 1.32 bits per heavy atom. The number of hydrogen-bond donors (Lipinski definition) is 3. The second-order valence-corrected chi connectivity index (χ2v) is 5.09. The highest BCUT2D eigenvalue weighted by Crippen LogP contribution is 2.29. The Morgan fingerprint density at radius 2 is 2.05 bits per heavy atom. The molecule has 19 heavy (non-hydrogen) atoms. The lowest BCUT2D eigenvalue weighted by Crippen LogP contribution is -2.33. The van der Waals surface area contributed by atoms with E-state index in [1.165, 1.54) is 0 Å². The Bertz CT molecular complexity index is 380. The molecule has 0 bridgehead atoms. The molecule has 0 aliphatic rings. The number of aliphatic hydroxyl groups is 1. The number of benzene rings is 1. The third-order valence-electron chi connectivity index (χ3n) is 2.94. The Hall–Kier alpha value is -1.26. The van der Waals surface area contributed by atoms with Crippen LogP contribution in [0.2, 0.25) is 0 Å². The second kappa shape index (κ2) is 8.02. The van der Waals surface area contributed by atoms with Crippen molar-refractivity contribution in [3.63, 3.8) is 0 Å². The number of aromatic hydroxyl groups is 1. The Labute approximate surface area is 115 Å². The monoisotopic (exact) mass is 267 g/mol.